The van der Waals surface area contributed by atoms with E-state index in [0.29, 0.717) is 11.1 Å². The van der Waals surface area contributed by atoms with Gasteiger partial charge in [-0.2, -0.15) is 0 Å². The molecule has 0 spiro atoms. The minimum atomic E-state index is -0.291. The zero-order valence-electron chi connectivity index (χ0n) is 11.7. The average Bonchev–Trinajstić information content (AvgIpc) is 2.52. The lowest BCUT2D eigenvalue weighted by molar-refractivity contribution is 0.0943. The van der Waals surface area contributed by atoms with E-state index >= 15 is 0 Å². The summed E-state index contributed by atoms with van der Waals surface area (Å²) in [5.74, 6) is -0.303. The average molecular weight is 284 g/mol. The normalized spacial score (nSPS) is 10.2. The molecule has 1 aromatic heterocycles. The molecule has 21 heavy (non-hydrogen) atoms. The van der Waals surface area contributed by atoms with Crippen LogP contribution in [0.3, 0.4) is 0 Å². The van der Waals surface area contributed by atoms with Crippen molar-refractivity contribution in [1.82, 2.24) is 10.3 Å². The molecule has 1 amide bonds. The van der Waals surface area contributed by atoms with Crippen LogP contribution in [0, 0.1) is 0 Å². The zero-order chi connectivity index (χ0) is 15.2. The third kappa shape index (κ3) is 3.73. The summed E-state index contributed by atoms with van der Waals surface area (Å²) in [5.41, 5.74) is 2.61. The summed E-state index contributed by atoms with van der Waals surface area (Å²) in [4.78, 5) is 27.3. The van der Waals surface area contributed by atoms with E-state index in [9.17, 15) is 9.59 Å². The van der Waals surface area contributed by atoms with Crippen molar-refractivity contribution in [1.29, 1.82) is 0 Å². The number of nitrogens with one attached hydrogen (secondary N) is 1. The molecule has 0 aliphatic heterocycles. The van der Waals surface area contributed by atoms with Gasteiger partial charge in [0.2, 0.25) is 0 Å². The molecular weight excluding hydrogens is 268 g/mol. The van der Waals surface area contributed by atoms with Crippen LogP contribution >= 0.6 is 0 Å². The predicted molar refractivity (Wildman–Crippen MR) is 79.1 cm³/mol. The van der Waals surface area contributed by atoms with Crippen LogP contribution in [0.5, 0.6) is 0 Å². The maximum absolute atomic E-state index is 11.8. The van der Waals surface area contributed by atoms with Crippen LogP contribution in [-0.2, 0) is 0 Å². The molecule has 0 unspecified atom stereocenters. The summed E-state index contributed by atoms with van der Waals surface area (Å²) in [7, 11) is 0. The van der Waals surface area contributed by atoms with Crippen LogP contribution in [0.2, 0.25) is 0 Å². The van der Waals surface area contributed by atoms with Crippen molar-refractivity contribution in [2.75, 3.05) is 13.2 Å². The van der Waals surface area contributed by atoms with Gasteiger partial charge in [0.05, 0.1) is 12.2 Å². The number of nitrogens with zero attached hydrogens (tertiary/aromatic N) is 1. The number of hydrogen-bond donors (Lipinski definition) is 2. The van der Waals surface area contributed by atoms with E-state index in [1.165, 1.54) is 13.1 Å². The van der Waals surface area contributed by atoms with Gasteiger partial charge in [-0.1, -0.05) is 18.2 Å². The molecule has 2 rings (SSSR count). The van der Waals surface area contributed by atoms with Gasteiger partial charge in [0.15, 0.2) is 5.78 Å². The lowest BCUT2D eigenvalue weighted by Crippen LogP contribution is -2.26. The highest BCUT2D eigenvalue weighted by atomic mass is 16.3. The van der Waals surface area contributed by atoms with E-state index < -0.39 is 0 Å². The van der Waals surface area contributed by atoms with Crippen molar-refractivity contribution < 1.29 is 14.7 Å². The first kappa shape index (κ1) is 14.9. The second kappa shape index (κ2) is 6.76. The summed E-state index contributed by atoms with van der Waals surface area (Å²) in [5, 5.41) is 11.3. The number of Topliss-reactive ketones (excluding diaryl/α,β-unsaturated/α-hetero) is 1. The molecule has 0 saturated heterocycles. The van der Waals surface area contributed by atoms with Crippen molar-refractivity contribution >= 4 is 11.7 Å². The zero-order valence-corrected chi connectivity index (χ0v) is 11.7. The standard InChI is InChI=1S/C16H16N2O3/c1-11(20)12-3-2-4-13(7-12)14-8-15(10-17-9-14)16(21)18-5-6-19/h2-4,7-10,19H,5-6H2,1H3,(H,18,21). The Kier molecular flexibility index (Phi) is 4.79. The number of ketones is 1. The number of carbonyl (C=O) groups is 2. The van der Waals surface area contributed by atoms with E-state index in [1.807, 2.05) is 6.07 Å². The number of rotatable bonds is 5. The van der Waals surface area contributed by atoms with Gasteiger partial charge in [-0.25, -0.2) is 0 Å². The highest BCUT2D eigenvalue weighted by Crippen LogP contribution is 2.21. The van der Waals surface area contributed by atoms with Gasteiger partial charge in [0, 0.05) is 30.1 Å². The maximum Gasteiger partial charge on any atom is 0.252 e. The van der Waals surface area contributed by atoms with Gasteiger partial charge < -0.3 is 10.4 Å². The molecular formula is C16H16N2O3. The Morgan fingerprint density at radius 2 is 1.90 bits per heavy atom. The second-order valence-corrected chi connectivity index (χ2v) is 4.58. The Balaban J connectivity index is 2.30. The van der Waals surface area contributed by atoms with E-state index in [1.54, 1.807) is 30.5 Å². The number of aromatic nitrogens is 1. The van der Waals surface area contributed by atoms with Crippen LogP contribution in [0.25, 0.3) is 11.1 Å². The third-order valence-electron chi connectivity index (χ3n) is 3.00. The van der Waals surface area contributed by atoms with Crippen molar-refractivity contribution in [2.24, 2.45) is 0 Å². The quantitative estimate of drug-likeness (QED) is 0.819. The first-order chi connectivity index (χ1) is 10.1. The van der Waals surface area contributed by atoms with Gasteiger partial charge in [-0.15, -0.1) is 0 Å². The fourth-order valence-corrected chi connectivity index (χ4v) is 1.91. The molecule has 1 aromatic carbocycles. The summed E-state index contributed by atoms with van der Waals surface area (Å²) >= 11 is 0. The second-order valence-electron chi connectivity index (χ2n) is 4.58. The third-order valence-corrected chi connectivity index (χ3v) is 3.00. The lowest BCUT2D eigenvalue weighted by atomic mass is 10.0. The largest absolute Gasteiger partial charge is 0.395 e. The van der Waals surface area contributed by atoms with Gasteiger partial charge in [-0.3, -0.25) is 14.6 Å². The molecule has 2 aromatic rings. The Morgan fingerprint density at radius 1 is 1.14 bits per heavy atom. The molecule has 5 nitrogen and oxygen atoms in total. The Hall–Kier alpha value is -2.53. The molecule has 108 valence electrons. The van der Waals surface area contributed by atoms with Crippen molar-refractivity contribution in [3.8, 4) is 11.1 Å². The minimum absolute atomic E-state index is 0.0124. The number of pyridine rings is 1. The molecule has 2 N–H and O–H groups in total. The van der Waals surface area contributed by atoms with Crippen LogP contribution in [0.15, 0.2) is 42.7 Å². The number of aliphatic hydroxyl groups excluding tert-OH is 1. The summed E-state index contributed by atoms with van der Waals surface area (Å²) in [6.45, 7) is 1.60. The van der Waals surface area contributed by atoms with Crippen LogP contribution in [0.4, 0.5) is 0 Å². The summed E-state index contributed by atoms with van der Waals surface area (Å²) in [6, 6.07) is 8.88. The van der Waals surface area contributed by atoms with Gasteiger partial charge in [0.25, 0.3) is 5.91 Å². The fraction of sp³-hybridized carbons (Fsp3) is 0.188. The number of hydrogen-bond acceptors (Lipinski definition) is 4. The topological polar surface area (TPSA) is 79.3 Å². The Bertz CT molecular complexity index is 668. The molecule has 0 radical (unpaired) electrons. The molecule has 0 fully saturated rings. The van der Waals surface area contributed by atoms with Gasteiger partial charge in [0.1, 0.15) is 0 Å². The maximum atomic E-state index is 11.8. The van der Waals surface area contributed by atoms with E-state index in [2.05, 4.69) is 10.3 Å². The molecule has 0 bridgehead atoms. The Labute approximate surface area is 122 Å². The molecule has 0 aliphatic rings. The van der Waals surface area contributed by atoms with E-state index in [-0.39, 0.29) is 24.8 Å². The van der Waals surface area contributed by atoms with E-state index in [4.69, 9.17) is 5.11 Å². The van der Waals surface area contributed by atoms with E-state index in [0.717, 1.165) is 11.1 Å². The minimum Gasteiger partial charge on any atom is -0.395 e. The van der Waals surface area contributed by atoms with Gasteiger partial charge >= 0.3 is 0 Å². The monoisotopic (exact) mass is 284 g/mol. The summed E-state index contributed by atoms with van der Waals surface area (Å²) < 4.78 is 0. The first-order valence-corrected chi connectivity index (χ1v) is 6.57. The summed E-state index contributed by atoms with van der Waals surface area (Å²) in [6.07, 6.45) is 3.10. The molecule has 1 heterocycles. The SMILES string of the molecule is CC(=O)c1cccc(-c2cncc(C(=O)NCCO)c2)c1. The molecule has 0 aliphatic carbocycles. The fourth-order valence-electron chi connectivity index (χ4n) is 1.91. The van der Waals surface area contributed by atoms with Crippen molar-refractivity contribution in [3.63, 3.8) is 0 Å². The lowest BCUT2D eigenvalue weighted by Gasteiger charge is -2.06. The molecule has 0 atom stereocenters. The van der Waals surface area contributed by atoms with Crippen molar-refractivity contribution in [3.05, 3.63) is 53.9 Å². The highest BCUT2D eigenvalue weighted by Gasteiger charge is 2.08. The first-order valence-electron chi connectivity index (χ1n) is 6.57. The number of benzene rings is 1. The van der Waals surface area contributed by atoms with Gasteiger partial charge in [-0.05, 0) is 24.6 Å². The number of aliphatic hydroxyl groups is 1. The molecule has 0 saturated carbocycles. The van der Waals surface area contributed by atoms with Crippen LogP contribution in [-0.4, -0.2) is 34.9 Å². The van der Waals surface area contributed by atoms with Crippen molar-refractivity contribution in [2.45, 2.75) is 6.92 Å². The smallest absolute Gasteiger partial charge is 0.252 e. The number of amides is 1. The van der Waals surface area contributed by atoms with Crippen LogP contribution < -0.4 is 5.32 Å². The Morgan fingerprint density at radius 3 is 2.62 bits per heavy atom. The van der Waals surface area contributed by atoms with Crippen LogP contribution in [0.1, 0.15) is 27.6 Å². The highest BCUT2D eigenvalue weighted by molar-refractivity contribution is 5.96. The number of carbonyl (C=O) groups excluding carboxylic acids is 2. The predicted octanol–water partition coefficient (Wildman–Crippen LogP) is 1.67. The molecule has 5 heteroatoms.